The zero-order valence-corrected chi connectivity index (χ0v) is 21.6. The van der Waals surface area contributed by atoms with Crippen LogP contribution in [0.25, 0.3) is 0 Å². The van der Waals surface area contributed by atoms with Crippen molar-refractivity contribution in [2.24, 2.45) is 0 Å². The second-order valence-corrected chi connectivity index (χ2v) is 10.5. The zero-order chi connectivity index (χ0) is 25.6. The van der Waals surface area contributed by atoms with Crippen molar-refractivity contribution in [1.29, 1.82) is 0 Å². The van der Waals surface area contributed by atoms with Crippen molar-refractivity contribution in [2.75, 3.05) is 30.4 Å². The van der Waals surface area contributed by atoms with Crippen LogP contribution in [0.5, 0.6) is 11.5 Å². The van der Waals surface area contributed by atoms with Gasteiger partial charge < -0.3 is 19.7 Å². The van der Waals surface area contributed by atoms with Gasteiger partial charge in [0.1, 0.15) is 12.6 Å². The number of ether oxygens (including phenoxy) is 2. The van der Waals surface area contributed by atoms with Gasteiger partial charge in [-0.15, -0.1) is 0 Å². The Morgan fingerprint density at radius 2 is 1.77 bits per heavy atom. The topological polar surface area (TPSA) is 105 Å². The maximum absolute atomic E-state index is 13.6. The Hall–Kier alpha value is -2.98. The van der Waals surface area contributed by atoms with E-state index in [2.05, 4.69) is 5.32 Å². The minimum Gasteiger partial charge on any atom is -0.454 e. The molecule has 1 atom stereocenters. The van der Waals surface area contributed by atoms with Crippen molar-refractivity contribution in [2.45, 2.75) is 39.3 Å². The average molecular weight is 524 g/mol. The second-order valence-electron chi connectivity index (χ2n) is 8.17. The van der Waals surface area contributed by atoms with Crippen molar-refractivity contribution in [1.82, 2.24) is 10.2 Å². The van der Waals surface area contributed by atoms with Gasteiger partial charge in [0.25, 0.3) is 0 Å². The molecule has 3 rings (SSSR count). The highest BCUT2D eigenvalue weighted by atomic mass is 35.5. The number of sulfonamides is 1. The highest BCUT2D eigenvalue weighted by Gasteiger charge is 2.32. The summed E-state index contributed by atoms with van der Waals surface area (Å²) in [6, 6.07) is 10.8. The van der Waals surface area contributed by atoms with Gasteiger partial charge in [-0.25, -0.2) is 8.42 Å². The average Bonchev–Trinajstić information content (AvgIpc) is 3.29. The SMILES string of the molecule is CCCNC(=O)C(CC)N(Cc1ccc(Cl)cc1)C(=O)CN(c1ccc2c(c1)OCO2)S(C)(=O)=O. The maximum atomic E-state index is 13.6. The number of benzene rings is 2. The van der Waals surface area contributed by atoms with Crippen LogP contribution in [0.4, 0.5) is 5.69 Å². The molecule has 0 spiro atoms. The van der Waals surface area contributed by atoms with Gasteiger partial charge in [0.05, 0.1) is 11.9 Å². The van der Waals surface area contributed by atoms with E-state index >= 15 is 0 Å². The van der Waals surface area contributed by atoms with E-state index in [-0.39, 0.29) is 24.9 Å². The Morgan fingerprint density at radius 3 is 2.40 bits per heavy atom. The fraction of sp³-hybridized carbons (Fsp3) is 0.417. The number of halogens is 1. The van der Waals surface area contributed by atoms with Gasteiger partial charge in [-0.3, -0.25) is 13.9 Å². The van der Waals surface area contributed by atoms with E-state index in [1.807, 2.05) is 13.8 Å². The highest BCUT2D eigenvalue weighted by Crippen LogP contribution is 2.36. The van der Waals surface area contributed by atoms with Crippen molar-refractivity contribution in [3.8, 4) is 11.5 Å². The van der Waals surface area contributed by atoms with Crippen LogP contribution in [0.1, 0.15) is 32.3 Å². The molecule has 1 heterocycles. The van der Waals surface area contributed by atoms with Crippen LogP contribution >= 0.6 is 11.6 Å². The fourth-order valence-electron chi connectivity index (χ4n) is 3.73. The summed E-state index contributed by atoms with van der Waals surface area (Å²) in [5, 5.41) is 3.39. The molecule has 0 saturated heterocycles. The van der Waals surface area contributed by atoms with Gasteiger partial charge >= 0.3 is 0 Å². The number of amides is 2. The number of hydrogen-bond donors (Lipinski definition) is 1. The number of rotatable bonds is 11. The largest absolute Gasteiger partial charge is 0.454 e. The minimum absolute atomic E-state index is 0.0382. The van der Waals surface area contributed by atoms with Gasteiger partial charge in [0, 0.05) is 24.2 Å². The van der Waals surface area contributed by atoms with E-state index in [1.165, 1.54) is 11.0 Å². The molecule has 1 aliphatic rings. The third kappa shape index (κ3) is 6.79. The molecule has 35 heavy (non-hydrogen) atoms. The number of hydrogen-bond acceptors (Lipinski definition) is 6. The molecular weight excluding hydrogens is 494 g/mol. The number of carbonyl (C=O) groups is 2. The lowest BCUT2D eigenvalue weighted by atomic mass is 10.1. The normalized spacial score (nSPS) is 13.3. The van der Waals surface area contributed by atoms with Crippen LogP contribution in [0, 0.1) is 0 Å². The van der Waals surface area contributed by atoms with Crippen LogP contribution < -0.4 is 19.1 Å². The van der Waals surface area contributed by atoms with E-state index in [4.69, 9.17) is 21.1 Å². The molecule has 1 aliphatic heterocycles. The summed E-state index contributed by atoms with van der Waals surface area (Å²) in [5.74, 6) is 0.0933. The van der Waals surface area contributed by atoms with Crippen molar-refractivity contribution in [3.05, 3.63) is 53.1 Å². The molecule has 9 nitrogen and oxygen atoms in total. The minimum atomic E-state index is -3.84. The Balaban J connectivity index is 1.93. The van der Waals surface area contributed by atoms with Crippen LogP contribution in [-0.4, -0.2) is 57.3 Å². The highest BCUT2D eigenvalue weighted by molar-refractivity contribution is 7.92. The molecule has 0 saturated carbocycles. The Morgan fingerprint density at radius 1 is 1.09 bits per heavy atom. The first-order valence-corrected chi connectivity index (χ1v) is 13.6. The number of nitrogens with one attached hydrogen (secondary N) is 1. The quantitative estimate of drug-likeness (QED) is 0.485. The smallest absolute Gasteiger partial charge is 0.244 e. The molecule has 1 N–H and O–H groups in total. The molecule has 2 amide bonds. The molecule has 0 aromatic heterocycles. The van der Waals surface area contributed by atoms with Crippen LogP contribution in [0.3, 0.4) is 0 Å². The number of fused-ring (bicyclic) bond motifs is 1. The molecule has 0 radical (unpaired) electrons. The molecule has 1 unspecified atom stereocenters. The molecule has 0 aliphatic carbocycles. The van der Waals surface area contributed by atoms with Crippen LogP contribution in [0.15, 0.2) is 42.5 Å². The third-order valence-electron chi connectivity index (χ3n) is 5.52. The van der Waals surface area contributed by atoms with Crippen molar-refractivity contribution in [3.63, 3.8) is 0 Å². The van der Waals surface area contributed by atoms with Gasteiger partial charge in [-0.2, -0.15) is 0 Å². The van der Waals surface area contributed by atoms with E-state index < -0.39 is 28.5 Å². The first kappa shape index (κ1) is 26.6. The lowest BCUT2D eigenvalue weighted by molar-refractivity contribution is -0.140. The summed E-state index contributed by atoms with van der Waals surface area (Å²) in [6.07, 6.45) is 2.14. The summed E-state index contributed by atoms with van der Waals surface area (Å²) >= 11 is 6.00. The number of carbonyl (C=O) groups excluding carboxylic acids is 2. The van der Waals surface area contributed by atoms with Gasteiger partial charge in [0.15, 0.2) is 11.5 Å². The molecule has 2 aromatic rings. The Kier molecular flexibility index (Phi) is 8.85. The summed E-state index contributed by atoms with van der Waals surface area (Å²) < 4.78 is 37.0. The fourth-order valence-corrected chi connectivity index (χ4v) is 4.69. The van der Waals surface area contributed by atoms with E-state index in [0.717, 1.165) is 22.5 Å². The number of nitrogens with zero attached hydrogens (tertiary/aromatic N) is 2. The summed E-state index contributed by atoms with van der Waals surface area (Å²) in [5.41, 5.74) is 1.03. The van der Waals surface area contributed by atoms with Gasteiger partial charge in [-0.1, -0.05) is 37.6 Å². The number of anilines is 1. The lowest BCUT2D eigenvalue weighted by Crippen LogP contribution is -2.52. The van der Waals surface area contributed by atoms with Gasteiger partial charge in [-0.05, 0) is 42.7 Å². The second kappa shape index (κ2) is 11.6. The standard InChI is InChI=1S/C24H30ClN3O6S/c1-4-12-26-24(30)20(5-2)27(14-17-6-8-18(25)9-7-17)23(29)15-28(35(3,31)32)19-10-11-21-22(13-19)34-16-33-21/h6-11,13,20H,4-5,12,14-16H2,1-3H3,(H,26,30). The summed E-state index contributed by atoms with van der Waals surface area (Å²) in [7, 11) is -3.84. The van der Waals surface area contributed by atoms with Crippen molar-refractivity contribution < 1.29 is 27.5 Å². The predicted molar refractivity (Wildman–Crippen MR) is 134 cm³/mol. The Bertz CT molecular complexity index is 1160. The molecule has 2 aromatic carbocycles. The monoisotopic (exact) mass is 523 g/mol. The van der Waals surface area contributed by atoms with Crippen molar-refractivity contribution >= 4 is 39.1 Å². The van der Waals surface area contributed by atoms with Crippen LogP contribution in [0.2, 0.25) is 5.02 Å². The van der Waals surface area contributed by atoms with E-state index in [1.54, 1.807) is 36.4 Å². The maximum Gasteiger partial charge on any atom is 0.244 e. The molecule has 0 fully saturated rings. The molecular formula is C24H30ClN3O6S. The molecule has 190 valence electrons. The first-order valence-electron chi connectivity index (χ1n) is 11.3. The summed E-state index contributed by atoms with van der Waals surface area (Å²) in [4.78, 5) is 27.9. The molecule has 0 bridgehead atoms. The zero-order valence-electron chi connectivity index (χ0n) is 20.0. The molecule has 11 heteroatoms. The predicted octanol–water partition coefficient (Wildman–Crippen LogP) is 3.17. The lowest BCUT2D eigenvalue weighted by Gasteiger charge is -2.33. The van der Waals surface area contributed by atoms with Gasteiger partial charge in [0.2, 0.25) is 28.6 Å². The summed E-state index contributed by atoms with van der Waals surface area (Å²) in [6.45, 7) is 3.90. The third-order valence-corrected chi connectivity index (χ3v) is 6.92. The van der Waals surface area contributed by atoms with E-state index in [0.29, 0.717) is 29.5 Å². The first-order chi connectivity index (χ1) is 16.6. The van der Waals surface area contributed by atoms with Crippen LogP contribution in [-0.2, 0) is 26.2 Å². The Labute approximate surface area is 211 Å². The van der Waals surface area contributed by atoms with E-state index in [9.17, 15) is 18.0 Å².